The van der Waals surface area contributed by atoms with E-state index in [1.807, 2.05) is 0 Å². The third-order valence-electron chi connectivity index (χ3n) is 2.62. The maximum atomic E-state index is 12.3. The average Bonchev–Trinajstić information content (AvgIpc) is 2.27. The van der Waals surface area contributed by atoms with E-state index in [1.54, 1.807) is 0 Å². The highest BCUT2D eigenvalue weighted by Crippen LogP contribution is 2.25. The largest absolute Gasteiger partial charge is 0.406 e. The van der Waals surface area contributed by atoms with E-state index in [-0.39, 0.29) is 16.1 Å². The number of amides is 1. The number of carbonyl (C=O) groups excluding carboxylic acids is 1. The zero-order chi connectivity index (χ0) is 16.6. The molecule has 10 heteroatoms. The van der Waals surface area contributed by atoms with Crippen molar-refractivity contribution in [3.63, 3.8) is 0 Å². The van der Waals surface area contributed by atoms with Crippen LogP contribution in [0.2, 0.25) is 5.02 Å². The van der Waals surface area contributed by atoms with Crippen LogP contribution in [-0.2, 0) is 10.0 Å². The summed E-state index contributed by atoms with van der Waals surface area (Å²) in [5.74, 6) is -1.00. The molecule has 1 aromatic carbocycles. The smallest absolute Gasteiger partial charge is 0.333 e. The van der Waals surface area contributed by atoms with Crippen molar-refractivity contribution >= 4 is 27.5 Å². The fraction of sp³-hybridized carbons (Fsp3) is 0.364. The van der Waals surface area contributed by atoms with Gasteiger partial charge in [-0.3, -0.25) is 4.79 Å². The van der Waals surface area contributed by atoms with Crippen LogP contribution in [0.15, 0.2) is 17.0 Å². The van der Waals surface area contributed by atoms with Crippen molar-refractivity contribution < 1.29 is 26.4 Å². The van der Waals surface area contributed by atoms with Gasteiger partial charge in [0.25, 0.3) is 5.91 Å². The monoisotopic (exact) mass is 344 g/mol. The highest BCUT2D eigenvalue weighted by molar-refractivity contribution is 7.89. The summed E-state index contributed by atoms with van der Waals surface area (Å²) in [6.45, 7) is -0.201. The van der Waals surface area contributed by atoms with E-state index in [0.717, 1.165) is 19.2 Å². The van der Waals surface area contributed by atoms with Crippen LogP contribution >= 0.6 is 11.6 Å². The molecule has 0 aliphatic carbocycles. The summed E-state index contributed by atoms with van der Waals surface area (Å²) in [5.41, 5.74) is -0.306. The third-order valence-corrected chi connectivity index (χ3v) is 3.88. The van der Waals surface area contributed by atoms with Crippen molar-refractivity contribution in [2.45, 2.75) is 18.0 Å². The summed E-state index contributed by atoms with van der Waals surface area (Å²) in [6.07, 6.45) is -4.57. The van der Waals surface area contributed by atoms with Gasteiger partial charge in [-0.05, 0) is 24.6 Å². The van der Waals surface area contributed by atoms with Gasteiger partial charge in [0, 0.05) is 17.6 Å². The zero-order valence-corrected chi connectivity index (χ0v) is 12.6. The lowest BCUT2D eigenvalue weighted by atomic mass is 10.1. The number of nitrogens with zero attached hydrogens (tertiary/aromatic N) is 1. The Morgan fingerprint density at radius 3 is 2.33 bits per heavy atom. The summed E-state index contributed by atoms with van der Waals surface area (Å²) in [7, 11) is -3.20. The number of alkyl halides is 3. The van der Waals surface area contributed by atoms with Crippen molar-refractivity contribution in [1.29, 1.82) is 0 Å². The lowest BCUT2D eigenvalue weighted by Crippen LogP contribution is -2.36. The first-order valence-electron chi connectivity index (χ1n) is 5.48. The Labute approximate surface area is 124 Å². The van der Waals surface area contributed by atoms with E-state index in [2.05, 4.69) is 0 Å². The van der Waals surface area contributed by atoms with Crippen LogP contribution in [0.5, 0.6) is 0 Å². The number of hydrogen-bond acceptors (Lipinski definition) is 3. The van der Waals surface area contributed by atoms with E-state index in [1.165, 1.54) is 6.92 Å². The minimum atomic E-state index is -4.57. The first-order valence-corrected chi connectivity index (χ1v) is 7.40. The van der Waals surface area contributed by atoms with Crippen molar-refractivity contribution in [3.05, 3.63) is 28.3 Å². The van der Waals surface area contributed by atoms with Gasteiger partial charge in [-0.25, -0.2) is 13.6 Å². The summed E-state index contributed by atoms with van der Waals surface area (Å²) >= 11 is 5.70. The van der Waals surface area contributed by atoms with Gasteiger partial charge >= 0.3 is 6.18 Å². The normalized spacial score (nSPS) is 12.3. The van der Waals surface area contributed by atoms with E-state index in [4.69, 9.17) is 16.7 Å². The maximum absolute atomic E-state index is 12.3. The molecule has 5 nitrogen and oxygen atoms in total. The molecule has 0 spiro atoms. The topological polar surface area (TPSA) is 80.5 Å². The SMILES string of the molecule is Cc1c(C(=O)N(C)CC(F)(F)F)cc(Cl)cc1S(N)(=O)=O. The molecule has 0 atom stereocenters. The second-order valence-electron chi connectivity index (χ2n) is 4.40. The summed E-state index contributed by atoms with van der Waals surface area (Å²) in [5, 5.41) is 4.86. The summed E-state index contributed by atoms with van der Waals surface area (Å²) in [6, 6.07) is 2.13. The minimum Gasteiger partial charge on any atom is -0.333 e. The number of rotatable bonds is 3. The van der Waals surface area contributed by atoms with Gasteiger partial charge in [-0.2, -0.15) is 13.2 Å². The highest BCUT2D eigenvalue weighted by Gasteiger charge is 2.32. The first kappa shape index (κ1) is 17.7. The van der Waals surface area contributed by atoms with Crippen molar-refractivity contribution in [3.8, 4) is 0 Å². The summed E-state index contributed by atoms with van der Waals surface area (Å²) < 4.78 is 59.7. The Morgan fingerprint density at radius 2 is 1.90 bits per heavy atom. The van der Waals surface area contributed by atoms with E-state index in [9.17, 15) is 26.4 Å². The Morgan fingerprint density at radius 1 is 1.38 bits per heavy atom. The van der Waals surface area contributed by atoms with Gasteiger partial charge in [-0.1, -0.05) is 11.6 Å². The molecule has 0 saturated carbocycles. The first-order chi connectivity index (χ1) is 9.33. The second kappa shape index (κ2) is 5.82. The van der Waals surface area contributed by atoms with Crippen molar-refractivity contribution in [2.24, 2.45) is 5.14 Å². The van der Waals surface area contributed by atoms with Crippen LogP contribution in [0.4, 0.5) is 13.2 Å². The van der Waals surface area contributed by atoms with E-state index in [0.29, 0.717) is 4.90 Å². The van der Waals surface area contributed by atoms with Crippen LogP contribution < -0.4 is 5.14 Å². The van der Waals surface area contributed by atoms with Crippen molar-refractivity contribution in [1.82, 2.24) is 4.90 Å². The molecular formula is C11H12ClF3N2O3S. The number of halogens is 4. The van der Waals surface area contributed by atoms with Gasteiger partial charge < -0.3 is 4.90 Å². The number of sulfonamides is 1. The number of hydrogen-bond donors (Lipinski definition) is 1. The minimum absolute atomic E-state index is 0.0547. The molecule has 118 valence electrons. The molecule has 0 aromatic heterocycles. The number of benzene rings is 1. The van der Waals surface area contributed by atoms with E-state index < -0.39 is 33.5 Å². The van der Waals surface area contributed by atoms with Crippen LogP contribution in [0.3, 0.4) is 0 Å². The molecular weight excluding hydrogens is 333 g/mol. The van der Waals surface area contributed by atoms with Gasteiger partial charge in [0.1, 0.15) is 6.54 Å². The highest BCUT2D eigenvalue weighted by atomic mass is 35.5. The van der Waals surface area contributed by atoms with Gasteiger partial charge in [0.15, 0.2) is 0 Å². The molecule has 2 N–H and O–H groups in total. The zero-order valence-electron chi connectivity index (χ0n) is 11.0. The average molecular weight is 345 g/mol. The molecule has 21 heavy (non-hydrogen) atoms. The van der Waals surface area contributed by atoms with Crippen LogP contribution in [-0.4, -0.2) is 39.0 Å². The second-order valence-corrected chi connectivity index (χ2v) is 6.36. The number of nitrogens with two attached hydrogens (primary N) is 1. The van der Waals surface area contributed by atoms with Gasteiger partial charge in [0.2, 0.25) is 10.0 Å². The van der Waals surface area contributed by atoms with Crippen LogP contribution in [0, 0.1) is 6.92 Å². The molecule has 0 unspecified atom stereocenters. The predicted molar refractivity (Wildman–Crippen MR) is 70.6 cm³/mol. The molecule has 1 amide bonds. The number of carbonyl (C=O) groups is 1. The van der Waals surface area contributed by atoms with E-state index >= 15 is 0 Å². The maximum Gasteiger partial charge on any atom is 0.406 e. The summed E-state index contributed by atoms with van der Waals surface area (Å²) in [4.78, 5) is 12.0. The predicted octanol–water partition coefficient (Wildman–Crippen LogP) is 1.93. The standard InChI is InChI=1S/C11H12ClF3N2O3S/c1-6-8(10(18)17(2)5-11(13,14)15)3-7(12)4-9(6)21(16,19)20/h3-4H,5H2,1-2H3,(H2,16,19,20). The molecule has 0 fully saturated rings. The fourth-order valence-electron chi connectivity index (χ4n) is 1.72. The molecule has 0 saturated heterocycles. The van der Waals surface area contributed by atoms with Crippen molar-refractivity contribution in [2.75, 3.05) is 13.6 Å². The molecule has 0 bridgehead atoms. The molecule has 0 heterocycles. The molecule has 1 rings (SSSR count). The fourth-order valence-corrected chi connectivity index (χ4v) is 2.83. The Bertz CT molecular complexity index is 674. The Hall–Kier alpha value is -1.32. The number of primary sulfonamides is 1. The molecule has 1 aromatic rings. The Kier molecular flexibility index (Phi) is 4.91. The van der Waals surface area contributed by atoms with Crippen LogP contribution in [0.25, 0.3) is 0 Å². The quantitative estimate of drug-likeness (QED) is 0.909. The lowest BCUT2D eigenvalue weighted by molar-refractivity contribution is -0.138. The molecule has 0 aliphatic heterocycles. The van der Waals surface area contributed by atoms with Crippen LogP contribution in [0.1, 0.15) is 15.9 Å². The molecule has 0 aliphatic rings. The molecule has 0 radical (unpaired) electrons. The Balaban J connectivity index is 3.32. The third kappa shape index (κ3) is 4.58. The van der Waals surface area contributed by atoms with Gasteiger partial charge in [-0.15, -0.1) is 0 Å². The lowest BCUT2D eigenvalue weighted by Gasteiger charge is -2.20. The van der Waals surface area contributed by atoms with Gasteiger partial charge in [0.05, 0.1) is 4.90 Å².